The third kappa shape index (κ3) is 5.25. The first kappa shape index (κ1) is 22.0. The first-order valence-electron chi connectivity index (χ1n) is 10.3. The molecule has 0 unspecified atom stereocenters. The molecule has 0 saturated heterocycles. The van der Waals surface area contributed by atoms with Gasteiger partial charge in [-0.05, 0) is 59.3 Å². The van der Waals surface area contributed by atoms with Crippen LogP contribution >= 0.6 is 0 Å². The van der Waals surface area contributed by atoms with Crippen molar-refractivity contribution in [3.8, 4) is 11.9 Å². The van der Waals surface area contributed by atoms with Gasteiger partial charge in [-0.1, -0.05) is 0 Å². The second kappa shape index (κ2) is 9.39. The van der Waals surface area contributed by atoms with Crippen molar-refractivity contribution in [1.82, 2.24) is 19.7 Å². The van der Waals surface area contributed by atoms with Gasteiger partial charge in [0.05, 0.1) is 42.6 Å². The molecule has 162 valence electrons. The van der Waals surface area contributed by atoms with Crippen LogP contribution in [0.2, 0.25) is 0 Å². The van der Waals surface area contributed by atoms with Crippen molar-refractivity contribution < 1.29 is 13.9 Å². The fourth-order valence-electron chi connectivity index (χ4n) is 3.45. The third-order valence-electron chi connectivity index (χ3n) is 5.36. The summed E-state index contributed by atoms with van der Waals surface area (Å²) in [5.74, 6) is -0.0894. The standard InChI is InChI=1S/C21H29FN6O2/c1-5-29-16-8-6-15(7-9-16)12-30-19-17(22)10-24-20(26-19)25-18-11-28(27-14(18)2)21(3,4)13-23/h10-11,15-16H,5-9,12H2,1-4H3,(H,24,25,26)/t15-,16+. The van der Waals surface area contributed by atoms with Crippen LogP contribution in [0.1, 0.15) is 52.1 Å². The highest BCUT2D eigenvalue weighted by Crippen LogP contribution is 2.28. The smallest absolute Gasteiger partial charge is 0.255 e. The van der Waals surface area contributed by atoms with Crippen LogP contribution < -0.4 is 10.1 Å². The molecule has 3 rings (SSSR count). The van der Waals surface area contributed by atoms with E-state index in [2.05, 4.69) is 26.5 Å². The van der Waals surface area contributed by atoms with Gasteiger partial charge in [0.2, 0.25) is 11.8 Å². The summed E-state index contributed by atoms with van der Waals surface area (Å²) in [6.07, 6.45) is 7.13. The summed E-state index contributed by atoms with van der Waals surface area (Å²) in [4.78, 5) is 8.18. The van der Waals surface area contributed by atoms with E-state index in [0.717, 1.165) is 38.5 Å². The van der Waals surface area contributed by atoms with Gasteiger partial charge in [-0.3, -0.25) is 4.68 Å². The number of nitrogens with one attached hydrogen (secondary N) is 1. The molecule has 0 aliphatic heterocycles. The van der Waals surface area contributed by atoms with Crippen molar-refractivity contribution in [2.24, 2.45) is 5.92 Å². The molecule has 1 N–H and O–H groups in total. The lowest BCUT2D eigenvalue weighted by atomic mass is 9.88. The molecule has 2 heterocycles. The molecule has 0 bridgehead atoms. The Morgan fingerprint density at radius 3 is 2.73 bits per heavy atom. The van der Waals surface area contributed by atoms with Gasteiger partial charge in [-0.25, -0.2) is 4.98 Å². The summed E-state index contributed by atoms with van der Waals surface area (Å²) in [6.45, 7) is 8.51. The van der Waals surface area contributed by atoms with Crippen molar-refractivity contribution in [1.29, 1.82) is 5.26 Å². The largest absolute Gasteiger partial charge is 0.475 e. The molecule has 30 heavy (non-hydrogen) atoms. The molecular formula is C21H29FN6O2. The van der Waals surface area contributed by atoms with Crippen molar-refractivity contribution in [2.45, 2.75) is 65.0 Å². The summed E-state index contributed by atoms with van der Waals surface area (Å²) < 4.78 is 27.1. The number of halogens is 1. The Labute approximate surface area is 176 Å². The SMILES string of the molecule is CCO[C@H]1CC[C@@H](COc2nc(Nc3cn(C(C)(C)C#N)nc3C)ncc2F)CC1. The molecule has 1 aliphatic carbocycles. The Bertz CT molecular complexity index is 899. The number of nitrogens with zero attached hydrogens (tertiary/aromatic N) is 5. The highest BCUT2D eigenvalue weighted by molar-refractivity contribution is 5.55. The molecule has 1 fully saturated rings. The lowest BCUT2D eigenvalue weighted by Crippen LogP contribution is -2.25. The lowest BCUT2D eigenvalue weighted by molar-refractivity contribution is 0.0194. The first-order valence-corrected chi connectivity index (χ1v) is 10.3. The zero-order chi connectivity index (χ0) is 21.7. The van der Waals surface area contributed by atoms with Gasteiger partial charge in [0.1, 0.15) is 5.54 Å². The van der Waals surface area contributed by atoms with Gasteiger partial charge in [-0.15, -0.1) is 0 Å². The van der Waals surface area contributed by atoms with Crippen molar-refractivity contribution in [3.63, 3.8) is 0 Å². The maximum absolute atomic E-state index is 14.2. The van der Waals surface area contributed by atoms with Gasteiger partial charge < -0.3 is 14.8 Å². The van der Waals surface area contributed by atoms with Crippen LogP contribution in [0, 0.1) is 30.0 Å². The van der Waals surface area contributed by atoms with Gasteiger partial charge in [0, 0.05) is 6.61 Å². The van der Waals surface area contributed by atoms with Gasteiger partial charge in [0.25, 0.3) is 5.88 Å². The predicted molar refractivity (Wildman–Crippen MR) is 110 cm³/mol. The summed E-state index contributed by atoms with van der Waals surface area (Å²) in [5.41, 5.74) is 0.536. The van der Waals surface area contributed by atoms with Crippen LogP contribution in [0.25, 0.3) is 0 Å². The van der Waals surface area contributed by atoms with E-state index in [1.54, 1.807) is 24.7 Å². The average Bonchev–Trinajstić information content (AvgIpc) is 3.11. The van der Waals surface area contributed by atoms with Crippen molar-refractivity contribution >= 4 is 11.6 Å². The molecule has 0 aromatic carbocycles. The Kier molecular flexibility index (Phi) is 6.87. The van der Waals surface area contributed by atoms with Crippen molar-refractivity contribution in [3.05, 3.63) is 23.9 Å². The highest BCUT2D eigenvalue weighted by Gasteiger charge is 2.24. The number of hydrogen-bond acceptors (Lipinski definition) is 7. The molecule has 0 spiro atoms. The minimum absolute atomic E-state index is 0.0677. The topological polar surface area (TPSA) is 97.9 Å². The molecule has 2 aromatic rings. The van der Waals surface area contributed by atoms with Crippen LogP contribution in [-0.4, -0.2) is 39.1 Å². The Morgan fingerprint density at radius 2 is 2.07 bits per heavy atom. The first-order chi connectivity index (χ1) is 14.3. The van der Waals surface area contributed by atoms with E-state index in [-0.39, 0.29) is 11.8 Å². The molecule has 2 aromatic heterocycles. The number of anilines is 2. The normalized spacial score (nSPS) is 19.3. The summed E-state index contributed by atoms with van der Waals surface area (Å²) >= 11 is 0. The van der Waals surface area contributed by atoms with E-state index in [0.29, 0.717) is 30.0 Å². The second-order valence-corrected chi connectivity index (χ2v) is 8.12. The maximum Gasteiger partial charge on any atom is 0.255 e. The van der Waals surface area contributed by atoms with Gasteiger partial charge >= 0.3 is 0 Å². The number of hydrogen-bond donors (Lipinski definition) is 1. The summed E-state index contributed by atoms with van der Waals surface area (Å²) in [6, 6.07) is 2.20. The Hall–Kier alpha value is -2.73. The van der Waals surface area contributed by atoms with Gasteiger partial charge in [0.15, 0.2) is 0 Å². The minimum Gasteiger partial charge on any atom is -0.475 e. The fourth-order valence-corrected chi connectivity index (χ4v) is 3.45. The fraction of sp³-hybridized carbons (Fsp3) is 0.619. The van der Waals surface area contributed by atoms with E-state index in [1.807, 2.05) is 13.8 Å². The van der Waals surface area contributed by atoms with Crippen molar-refractivity contribution in [2.75, 3.05) is 18.5 Å². The van der Waals surface area contributed by atoms with E-state index < -0.39 is 11.4 Å². The molecular weight excluding hydrogens is 387 g/mol. The maximum atomic E-state index is 14.2. The molecule has 0 radical (unpaired) electrons. The second-order valence-electron chi connectivity index (χ2n) is 8.12. The van der Waals surface area contributed by atoms with E-state index >= 15 is 0 Å². The molecule has 9 heteroatoms. The predicted octanol–water partition coefficient (Wildman–Crippen LogP) is 4.10. The summed E-state index contributed by atoms with van der Waals surface area (Å²) in [7, 11) is 0. The monoisotopic (exact) mass is 416 g/mol. The van der Waals surface area contributed by atoms with E-state index in [1.165, 1.54) is 0 Å². The molecule has 0 atom stereocenters. The number of nitriles is 1. The molecule has 8 nitrogen and oxygen atoms in total. The Balaban J connectivity index is 1.63. The number of aromatic nitrogens is 4. The zero-order valence-electron chi connectivity index (χ0n) is 18.0. The van der Waals surface area contributed by atoms with Crippen LogP contribution in [-0.2, 0) is 10.3 Å². The van der Waals surface area contributed by atoms with E-state index in [4.69, 9.17) is 9.47 Å². The highest BCUT2D eigenvalue weighted by atomic mass is 19.1. The van der Waals surface area contributed by atoms with Crippen LogP contribution in [0.3, 0.4) is 0 Å². The summed E-state index contributed by atoms with van der Waals surface area (Å²) in [5, 5.41) is 16.7. The molecule has 1 saturated carbocycles. The number of ether oxygens (including phenoxy) is 2. The lowest BCUT2D eigenvalue weighted by Gasteiger charge is -2.28. The average molecular weight is 417 g/mol. The number of rotatable bonds is 8. The van der Waals surface area contributed by atoms with Crippen LogP contribution in [0.5, 0.6) is 5.88 Å². The Morgan fingerprint density at radius 1 is 1.33 bits per heavy atom. The minimum atomic E-state index is -0.788. The third-order valence-corrected chi connectivity index (χ3v) is 5.36. The molecule has 1 aliphatic rings. The van der Waals surface area contributed by atoms with Gasteiger partial charge in [-0.2, -0.15) is 19.7 Å². The quantitative estimate of drug-likeness (QED) is 0.692. The molecule has 0 amide bonds. The van der Waals surface area contributed by atoms with Crippen LogP contribution in [0.4, 0.5) is 16.0 Å². The van der Waals surface area contributed by atoms with E-state index in [9.17, 15) is 9.65 Å². The zero-order valence-corrected chi connectivity index (χ0v) is 18.0. The number of aryl methyl sites for hydroxylation is 1. The van der Waals surface area contributed by atoms with Crippen LogP contribution in [0.15, 0.2) is 12.4 Å².